The van der Waals surface area contributed by atoms with Gasteiger partial charge in [-0.3, -0.25) is 13.9 Å². The number of amides is 2. The lowest BCUT2D eigenvalue weighted by Crippen LogP contribution is -2.52. The largest absolute Gasteiger partial charge is 0.354 e. The molecule has 12 heteroatoms. The fraction of sp³-hybridized carbons (Fsp3) is 0.391. The molecule has 0 saturated carbocycles. The molecule has 2 amide bonds. The van der Waals surface area contributed by atoms with E-state index >= 15 is 0 Å². The molecule has 0 fully saturated rings. The van der Waals surface area contributed by atoms with Gasteiger partial charge in [0.25, 0.3) is 0 Å². The Morgan fingerprint density at radius 2 is 1.60 bits per heavy atom. The quantitative estimate of drug-likeness (QED) is 0.359. The van der Waals surface area contributed by atoms with Crippen LogP contribution in [0.15, 0.2) is 36.4 Å². The summed E-state index contributed by atoms with van der Waals surface area (Å²) >= 11 is 24.7. The van der Waals surface area contributed by atoms with Gasteiger partial charge in [0, 0.05) is 18.1 Å². The summed E-state index contributed by atoms with van der Waals surface area (Å²) in [6.07, 6.45) is 1.97. The van der Waals surface area contributed by atoms with Gasteiger partial charge >= 0.3 is 0 Å². The molecule has 0 aliphatic heterocycles. The van der Waals surface area contributed by atoms with Crippen LogP contribution in [0.1, 0.15) is 32.3 Å². The number of carbonyl (C=O) groups is 2. The van der Waals surface area contributed by atoms with Gasteiger partial charge in [-0.15, -0.1) is 0 Å². The summed E-state index contributed by atoms with van der Waals surface area (Å²) in [5, 5.41) is 3.44. The Morgan fingerprint density at radius 1 is 0.971 bits per heavy atom. The number of nitrogens with one attached hydrogen (secondary N) is 1. The number of rotatable bonds is 11. The second kappa shape index (κ2) is 13.0. The van der Waals surface area contributed by atoms with Crippen molar-refractivity contribution >= 4 is 73.9 Å². The smallest absolute Gasteiger partial charge is 0.244 e. The molecule has 7 nitrogen and oxygen atoms in total. The minimum Gasteiger partial charge on any atom is -0.354 e. The Hall–Kier alpha value is -1.71. The molecule has 0 heterocycles. The lowest BCUT2D eigenvalue weighted by Gasteiger charge is -2.33. The van der Waals surface area contributed by atoms with Crippen LogP contribution in [0.2, 0.25) is 20.1 Å². The molecular weight excluding hydrogens is 556 g/mol. The Bertz CT molecular complexity index is 1180. The predicted octanol–water partition coefficient (Wildman–Crippen LogP) is 5.40. The van der Waals surface area contributed by atoms with Crippen molar-refractivity contribution in [2.45, 2.75) is 39.3 Å². The molecule has 35 heavy (non-hydrogen) atoms. The Balaban J connectivity index is 2.51. The summed E-state index contributed by atoms with van der Waals surface area (Å²) in [4.78, 5) is 27.9. The van der Waals surface area contributed by atoms with Crippen molar-refractivity contribution in [3.8, 4) is 0 Å². The highest BCUT2D eigenvalue weighted by Crippen LogP contribution is 2.35. The Labute approximate surface area is 226 Å². The van der Waals surface area contributed by atoms with E-state index in [0.717, 1.165) is 17.0 Å². The van der Waals surface area contributed by atoms with E-state index in [2.05, 4.69) is 5.32 Å². The van der Waals surface area contributed by atoms with E-state index in [1.54, 1.807) is 31.2 Å². The van der Waals surface area contributed by atoms with Crippen molar-refractivity contribution in [2.75, 3.05) is 23.7 Å². The van der Waals surface area contributed by atoms with E-state index in [0.29, 0.717) is 23.6 Å². The van der Waals surface area contributed by atoms with Gasteiger partial charge in [0.2, 0.25) is 21.8 Å². The van der Waals surface area contributed by atoms with Gasteiger partial charge in [0.15, 0.2) is 0 Å². The van der Waals surface area contributed by atoms with Crippen LogP contribution in [0.25, 0.3) is 0 Å². The Morgan fingerprint density at radius 3 is 2.17 bits per heavy atom. The molecular formula is C23H27Cl4N3O4S. The molecule has 0 aliphatic carbocycles. The van der Waals surface area contributed by atoms with E-state index in [-0.39, 0.29) is 33.2 Å². The number of nitrogens with zero attached hydrogens (tertiary/aromatic N) is 2. The van der Waals surface area contributed by atoms with Crippen LogP contribution in [0.5, 0.6) is 0 Å². The number of halogens is 4. The summed E-state index contributed by atoms with van der Waals surface area (Å²) < 4.78 is 26.2. The number of hydrogen-bond acceptors (Lipinski definition) is 4. The molecule has 2 aromatic carbocycles. The van der Waals surface area contributed by atoms with Crippen molar-refractivity contribution in [2.24, 2.45) is 0 Å². The van der Waals surface area contributed by atoms with Crippen molar-refractivity contribution in [1.29, 1.82) is 0 Å². The molecule has 2 aromatic rings. The fourth-order valence-electron chi connectivity index (χ4n) is 3.39. The van der Waals surface area contributed by atoms with E-state index in [1.165, 1.54) is 17.0 Å². The summed E-state index contributed by atoms with van der Waals surface area (Å²) in [7, 11) is -3.97. The van der Waals surface area contributed by atoms with Crippen LogP contribution in [-0.4, -0.2) is 50.5 Å². The van der Waals surface area contributed by atoms with Gasteiger partial charge in [-0.05, 0) is 36.6 Å². The molecule has 192 valence electrons. The molecule has 1 atom stereocenters. The third-order valence-corrected chi connectivity index (χ3v) is 7.69. The van der Waals surface area contributed by atoms with Crippen molar-refractivity contribution in [3.05, 3.63) is 62.1 Å². The zero-order chi connectivity index (χ0) is 26.3. The molecule has 0 radical (unpaired) electrons. The summed E-state index contributed by atoms with van der Waals surface area (Å²) in [6.45, 7) is 3.52. The number of carbonyl (C=O) groups excluding carboxylic acids is 2. The number of sulfonamides is 1. The first-order valence-corrected chi connectivity index (χ1v) is 14.2. The third kappa shape index (κ3) is 7.89. The minimum absolute atomic E-state index is 0.00177. The second-order valence-corrected chi connectivity index (χ2v) is 11.4. The molecule has 0 spiro atoms. The van der Waals surface area contributed by atoms with Crippen molar-refractivity contribution in [3.63, 3.8) is 0 Å². The van der Waals surface area contributed by atoms with Gasteiger partial charge in [-0.2, -0.15) is 0 Å². The Kier molecular flexibility index (Phi) is 11.0. The van der Waals surface area contributed by atoms with Crippen LogP contribution >= 0.6 is 46.4 Å². The topological polar surface area (TPSA) is 86.8 Å². The van der Waals surface area contributed by atoms with E-state index < -0.39 is 28.5 Å². The zero-order valence-electron chi connectivity index (χ0n) is 19.5. The van der Waals surface area contributed by atoms with Crippen LogP contribution in [-0.2, 0) is 26.2 Å². The van der Waals surface area contributed by atoms with E-state index in [9.17, 15) is 18.0 Å². The molecule has 0 aliphatic rings. The molecule has 0 bridgehead atoms. The van der Waals surface area contributed by atoms with Gasteiger partial charge in [0.1, 0.15) is 12.6 Å². The lowest BCUT2D eigenvalue weighted by molar-refractivity contribution is -0.140. The second-order valence-electron chi connectivity index (χ2n) is 7.82. The molecule has 0 saturated heterocycles. The highest BCUT2D eigenvalue weighted by Gasteiger charge is 2.32. The van der Waals surface area contributed by atoms with E-state index in [4.69, 9.17) is 46.4 Å². The standard InChI is InChI=1S/C23H27Cl4N3O4S/c1-4-10-28-23(32)20(5-2)29(13-15-8-6-7-9-16(15)24)22(31)14-30(35(3,33)34)21-12-18(26)17(25)11-19(21)27/h6-9,11-12,20H,4-5,10,13-14H2,1-3H3,(H,28,32)/t20-/m1/s1. The van der Waals surface area contributed by atoms with Gasteiger partial charge in [-0.1, -0.05) is 78.5 Å². The highest BCUT2D eigenvalue weighted by atomic mass is 35.5. The van der Waals surface area contributed by atoms with Crippen molar-refractivity contribution in [1.82, 2.24) is 10.2 Å². The normalized spacial score (nSPS) is 12.2. The first kappa shape index (κ1) is 29.5. The SMILES string of the molecule is CCCNC(=O)[C@@H](CC)N(Cc1ccccc1Cl)C(=O)CN(c1cc(Cl)c(Cl)cc1Cl)S(C)(=O)=O. The molecule has 2 rings (SSSR count). The van der Waals surface area contributed by atoms with Gasteiger partial charge in [0.05, 0.1) is 27.0 Å². The molecule has 1 N–H and O–H groups in total. The first-order chi connectivity index (χ1) is 16.4. The van der Waals surface area contributed by atoms with E-state index in [1.807, 2.05) is 6.92 Å². The molecule has 0 aromatic heterocycles. The van der Waals surface area contributed by atoms with Crippen molar-refractivity contribution < 1.29 is 18.0 Å². The molecule has 0 unspecified atom stereocenters. The summed E-state index contributed by atoms with van der Waals surface area (Å²) in [5.41, 5.74) is 0.612. The van der Waals surface area contributed by atoms with Gasteiger partial charge in [-0.25, -0.2) is 8.42 Å². The predicted molar refractivity (Wildman–Crippen MR) is 143 cm³/mol. The summed E-state index contributed by atoms with van der Waals surface area (Å²) in [6, 6.07) is 8.67. The highest BCUT2D eigenvalue weighted by molar-refractivity contribution is 7.92. The number of hydrogen-bond donors (Lipinski definition) is 1. The van der Waals surface area contributed by atoms with Crippen LogP contribution in [0.4, 0.5) is 5.69 Å². The summed E-state index contributed by atoms with van der Waals surface area (Å²) in [5.74, 6) is -0.954. The minimum atomic E-state index is -3.97. The maximum Gasteiger partial charge on any atom is 0.244 e. The number of anilines is 1. The van der Waals surface area contributed by atoms with Crippen LogP contribution in [0.3, 0.4) is 0 Å². The number of benzene rings is 2. The first-order valence-electron chi connectivity index (χ1n) is 10.8. The third-order valence-electron chi connectivity index (χ3n) is 5.17. The zero-order valence-corrected chi connectivity index (χ0v) is 23.4. The van der Waals surface area contributed by atoms with Crippen LogP contribution in [0, 0.1) is 0 Å². The lowest BCUT2D eigenvalue weighted by atomic mass is 10.1. The van der Waals surface area contributed by atoms with Crippen LogP contribution < -0.4 is 9.62 Å². The monoisotopic (exact) mass is 581 g/mol. The average molecular weight is 583 g/mol. The maximum absolute atomic E-state index is 13.6. The maximum atomic E-state index is 13.6. The average Bonchev–Trinajstić information content (AvgIpc) is 2.78. The fourth-order valence-corrected chi connectivity index (χ4v) is 5.14. The van der Waals surface area contributed by atoms with Gasteiger partial charge < -0.3 is 10.2 Å².